The highest BCUT2D eigenvalue weighted by atomic mass is 19.4. The van der Waals surface area contributed by atoms with E-state index in [0.717, 1.165) is 12.1 Å². The SMILES string of the molecule is O=C(NC1(C(=O)NCc2ccc(Nc3ccc(F)cc3C(F)(F)F)cn2)CCOC1)c1cccnc1. The number of hydrogen-bond donors (Lipinski definition) is 3. The Labute approximate surface area is 203 Å². The number of amides is 2. The Morgan fingerprint density at radius 2 is 1.94 bits per heavy atom. The van der Waals surface area contributed by atoms with Gasteiger partial charge >= 0.3 is 6.18 Å². The molecule has 3 aromatic rings. The van der Waals surface area contributed by atoms with Crippen molar-refractivity contribution in [2.45, 2.75) is 24.7 Å². The second kappa shape index (κ2) is 10.3. The standard InChI is InChI=1S/C24H21F4N5O3/c25-16-3-6-20(19(10-16)24(26,27)28)32-18-5-4-17(30-13-18)12-31-22(35)23(7-9-36-14-23)33-21(34)15-2-1-8-29-11-15/h1-6,8,10-11,13,32H,7,9,12,14H2,(H,31,35)(H,33,34). The van der Waals surface area contributed by atoms with Gasteiger partial charge in [0.15, 0.2) is 0 Å². The lowest BCUT2D eigenvalue weighted by Gasteiger charge is -2.27. The van der Waals surface area contributed by atoms with Gasteiger partial charge in [-0.3, -0.25) is 19.6 Å². The van der Waals surface area contributed by atoms with E-state index < -0.39 is 34.9 Å². The van der Waals surface area contributed by atoms with E-state index >= 15 is 0 Å². The Hall–Kier alpha value is -4.06. The zero-order valence-electron chi connectivity index (χ0n) is 18.7. The van der Waals surface area contributed by atoms with Crippen LogP contribution in [-0.2, 0) is 22.3 Å². The van der Waals surface area contributed by atoms with Crippen molar-refractivity contribution >= 4 is 23.2 Å². The van der Waals surface area contributed by atoms with Crippen LogP contribution in [0.5, 0.6) is 0 Å². The average Bonchev–Trinajstić information content (AvgIpc) is 3.34. The molecule has 8 nitrogen and oxygen atoms in total. The van der Waals surface area contributed by atoms with Crippen LogP contribution in [0.15, 0.2) is 61.1 Å². The van der Waals surface area contributed by atoms with Crippen molar-refractivity contribution in [2.24, 2.45) is 0 Å². The third-order valence-electron chi connectivity index (χ3n) is 5.55. The highest BCUT2D eigenvalue weighted by Gasteiger charge is 2.43. The number of aromatic nitrogens is 2. The van der Waals surface area contributed by atoms with Crippen LogP contribution in [0.2, 0.25) is 0 Å². The summed E-state index contributed by atoms with van der Waals surface area (Å²) >= 11 is 0. The number of ether oxygens (including phenoxy) is 1. The summed E-state index contributed by atoms with van der Waals surface area (Å²) in [5, 5.41) is 8.04. The summed E-state index contributed by atoms with van der Waals surface area (Å²) in [6, 6.07) is 8.51. The Morgan fingerprint density at radius 1 is 1.11 bits per heavy atom. The molecule has 0 saturated carbocycles. The second-order valence-electron chi connectivity index (χ2n) is 8.11. The number of nitrogens with one attached hydrogen (secondary N) is 3. The van der Waals surface area contributed by atoms with E-state index in [1.165, 1.54) is 30.7 Å². The van der Waals surface area contributed by atoms with Crippen molar-refractivity contribution < 1.29 is 31.9 Å². The molecule has 36 heavy (non-hydrogen) atoms. The predicted molar refractivity (Wildman–Crippen MR) is 121 cm³/mol. The Balaban J connectivity index is 1.39. The lowest BCUT2D eigenvalue weighted by Crippen LogP contribution is -2.59. The maximum Gasteiger partial charge on any atom is 0.418 e. The third-order valence-corrected chi connectivity index (χ3v) is 5.55. The van der Waals surface area contributed by atoms with Gasteiger partial charge in [0, 0.05) is 25.4 Å². The molecule has 1 atom stereocenters. The van der Waals surface area contributed by atoms with Gasteiger partial charge in [-0.15, -0.1) is 0 Å². The normalized spacial score (nSPS) is 17.4. The predicted octanol–water partition coefficient (Wildman–Crippen LogP) is 3.58. The molecule has 3 heterocycles. The summed E-state index contributed by atoms with van der Waals surface area (Å²) < 4.78 is 58.3. The first-order valence-corrected chi connectivity index (χ1v) is 10.8. The number of carbonyl (C=O) groups excluding carboxylic acids is 2. The molecule has 1 aliphatic heterocycles. The topological polar surface area (TPSA) is 105 Å². The van der Waals surface area contributed by atoms with E-state index in [1.807, 2.05) is 0 Å². The number of benzene rings is 1. The Morgan fingerprint density at radius 3 is 2.58 bits per heavy atom. The second-order valence-corrected chi connectivity index (χ2v) is 8.11. The van der Waals surface area contributed by atoms with E-state index in [1.54, 1.807) is 12.1 Å². The van der Waals surface area contributed by atoms with E-state index in [0.29, 0.717) is 23.9 Å². The molecular weight excluding hydrogens is 482 g/mol. The highest BCUT2D eigenvalue weighted by Crippen LogP contribution is 2.36. The molecule has 0 bridgehead atoms. The van der Waals surface area contributed by atoms with Crippen molar-refractivity contribution in [2.75, 3.05) is 18.5 Å². The first-order valence-electron chi connectivity index (χ1n) is 10.8. The van der Waals surface area contributed by atoms with Gasteiger partial charge in [-0.25, -0.2) is 4.39 Å². The molecule has 1 unspecified atom stereocenters. The number of alkyl halides is 3. The molecule has 0 aliphatic carbocycles. The van der Waals surface area contributed by atoms with Crippen molar-refractivity contribution in [3.05, 3.63) is 83.7 Å². The number of halogens is 4. The maximum atomic E-state index is 13.3. The Bertz CT molecular complexity index is 1230. The molecule has 1 aliphatic rings. The first-order chi connectivity index (χ1) is 17.2. The van der Waals surface area contributed by atoms with Crippen molar-refractivity contribution in [3.8, 4) is 0 Å². The van der Waals surface area contributed by atoms with Gasteiger partial charge in [0.25, 0.3) is 5.91 Å². The van der Waals surface area contributed by atoms with Crippen LogP contribution in [-0.4, -0.2) is 40.5 Å². The smallest absolute Gasteiger partial charge is 0.378 e. The number of nitrogens with zero attached hydrogens (tertiary/aromatic N) is 2. The molecule has 188 valence electrons. The van der Waals surface area contributed by atoms with Crippen molar-refractivity contribution in [3.63, 3.8) is 0 Å². The molecule has 3 N–H and O–H groups in total. The van der Waals surface area contributed by atoms with Crippen LogP contribution in [0.3, 0.4) is 0 Å². The zero-order valence-corrected chi connectivity index (χ0v) is 18.7. The van der Waals surface area contributed by atoms with Crippen molar-refractivity contribution in [1.82, 2.24) is 20.6 Å². The quantitative estimate of drug-likeness (QED) is 0.426. The van der Waals surface area contributed by atoms with Crippen LogP contribution in [0.25, 0.3) is 0 Å². The fraction of sp³-hybridized carbons (Fsp3) is 0.250. The summed E-state index contributed by atoms with van der Waals surface area (Å²) in [6.45, 7) is 0.303. The number of pyridine rings is 2. The first kappa shape index (κ1) is 25.0. The number of anilines is 2. The molecule has 1 aromatic carbocycles. The number of carbonyl (C=O) groups is 2. The molecule has 0 spiro atoms. The van der Waals surface area contributed by atoms with Gasteiger partial charge in [0.05, 0.1) is 47.5 Å². The molecule has 1 fully saturated rings. The highest BCUT2D eigenvalue weighted by molar-refractivity contribution is 5.99. The fourth-order valence-electron chi connectivity index (χ4n) is 3.64. The molecule has 4 rings (SSSR count). The number of rotatable bonds is 7. The minimum atomic E-state index is -4.74. The van der Waals surface area contributed by atoms with Gasteiger partial charge < -0.3 is 20.7 Å². The molecular formula is C24H21F4N5O3. The van der Waals surface area contributed by atoms with Gasteiger partial charge in [0.1, 0.15) is 11.4 Å². The van der Waals surface area contributed by atoms with Gasteiger partial charge in [0.2, 0.25) is 5.91 Å². The third kappa shape index (κ3) is 5.77. The van der Waals surface area contributed by atoms with Crippen molar-refractivity contribution in [1.29, 1.82) is 0 Å². The lowest BCUT2D eigenvalue weighted by atomic mass is 9.96. The maximum absolute atomic E-state index is 13.3. The lowest BCUT2D eigenvalue weighted by molar-refractivity contribution is -0.137. The van der Waals surface area contributed by atoms with Crippen LogP contribution >= 0.6 is 0 Å². The van der Waals surface area contributed by atoms with Crippen LogP contribution in [0, 0.1) is 5.82 Å². The molecule has 12 heteroatoms. The molecule has 2 amide bonds. The van der Waals surface area contributed by atoms with E-state index in [9.17, 15) is 27.2 Å². The van der Waals surface area contributed by atoms with Crippen LogP contribution in [0.4, 0.5) is 28.9 Å². The van der Waals surface area contributed by atoms with E-state index in [4.69, 9.17) is 4.74 Å². The van der Waals surface area contributed by atoms with Crippen LogP contribution in [0.1, 0.15) is 28.0 Å². The van der Waals surface area contributed by atoms with Gasteiger partial charge in [-0.2, -0.15) is 13.2 Å². The minimum absolute atomic E-state index is 0.000328. The van der Waals surface area contributed by atoms with Gasteiger partial charge in [-0.05, 0) is 42.5 Å². The molecule has 1 saturated heterocycles. The van der Waals surface area contributed by atoms with Gasteiger partial charge in [-0.1, -0.05) is 0 Å². The minimum Gasteiger partial charge on any atom is -0.378 e. The largest absolute Gasteiger partial charge is 0.418 e. The Kier molecular flexibility index (Phi) is 7.15. The number of hydrogen-bond acceptors (Lipinski definition) is 6. The summed E-state index contributed by atoms with van der Waals surface area (Å²) in [5.74, 6) is -1.92. The van der Waals surface area contributed by atoms with Crippen LogP contribution < -0.4 is 16.0 Å². The van der Waals surface area contributed by atoms with E-state index in [-0.39, 0.29) is 30.9 Å². The summed E-state index contributed by atoms with van der Waals surface area (Å²) in [4.78, 5) is 33.6. The summed E-state index contributed by atoms with van der Waals surface area (Å²) in [6.07, 6.45) is -0.251. The average molecular weight is 503 g/mol. The fourth-order valence-corrected chi connectivity index (χ4v) is 3.64. The van der Waals surface area contributed by atoms with E-state index in [2.05, 4.69) is 25.9 Å². The monoisotopic (exact) mass is 503 g/mol. The molecule has 0 radical (unpaired) electrons. The zero-order chi connectivity index (χ0) is 25.8. The summed E-state index contributed by atoms with van der Waals surface area (Å²) in [5.41, 5.74) is -1.75. The molecule has 2 aromatic heterocycles. The summed E-state index contributed by atoms with van der Waals surface area (Å²) in [7, 11) is 0.